The SMILES string of the molecule is CC(C)Nc1ccccc1C(=O)NCCNC(=O)N(C)C. The molecule has 3 amide bonds. The molecule has 0 aliphatic carbocycles. The van der Waals surface area contributed by atoms with Crippen molar-refractivity contribution in [3.8, 4) is 0 Å². The van der Waals surface area contributed by atoms with Crippen LogP contribution in [0.15, 0.2) is 24.3 Å². The first kappa shape index (κ1) is 16.8. The lowest BCUT2D eigenvalue weighted by atomic mass is 10.1. The highest BCUT2D eigenvalue weighted by atomic mass is 16.2. The highest BCUT2D eigenvalue weighted by Gasteiger charge is 2.11. The first-order chi connectivity index (χ1) is 9.91. The van der Waals surface area contributed by atoms with Gasteiger partial charge in [-0.15, -0.1) is 0 Å². The topological polar surface area (TPSA) is 73.5 Å². The largest absolute Gasteiger partial charge is 0.382 e. The molecule has 0 aromatic heterocycles. The van der Waals surface area contributed by atoms with Crippen molar-refractivity contribution < 1.29 is 9.59 Å². The zero-order chi connectivity index (χ0) is 15.8. The Morgan fingerprint density at radius 1 is 1.10 bits per heavy atom. The van der Waals surface area contributed by atoms with E-state index in [9.17, 15) is 9.59 Å². The Bertz CT molecular complexity index is 486. The minimum absolute atomic E-state index is 0.155. The molecule has 0 atom stereocenters. The molecule has 3 N–H and O–H groups in total. The van der Waals surface area contributed by atoms with Gasteiger partial charge >= 0.3 is 6.03 Å². The summed E-state index contributed by atoms with van der Waals surface area (Å²) in [5.74, 6) is -0.155. The summed E-state index contributed by atoms with van der Waals surface area (Å²) in [5.41, 5.74) is 1.41. The van der Waals surface area contributed by atoms with E-state index in [4.69, 9.17) is 0 Å². The molecular weight excluding hydrogens is 268 g/mol. The van der Waals surface area contributed by atoms with Crippen LogP contribution in [0, 0.1) is 0 Å². The van der Waals surface area contributed by atoms with E-state index in [1.807, 2.05) is 32.0 Å². The fourth-order valence-electron chi connectivity index (χ4n) is 1.72. The number of nitrogens with zero attached hydrogens (tertiary/aromatic N) is 1. The van der Waals surface area contributed by atoms with Crippen molar-refractivity contribution in [1.82, 2.24) is 15.5 Å². The standard InChI is InChI=1S/C15H24N4O2/c1-11(2)18-13-8-6-5-7-12(13)14(20)16-9-10-17-15(21)19(3)4/h5-8,11,18H,9-10H2,1-4H3,(H,16,20)(H,17,21). The van der Waals surface area contributed by atoms with Crippen LogP contribution in [0.2, 0.25) is 0 Å². The Balaban J connectivity index is 2.51. The monoisotopic (exact) mass is 292 g/mol. The quantitative estimate of drug-likeness (QED) is 0.696. The predicted octanol–water partition coefficient (Wildman–Crippen LogP) is 1.51. The Morgan fingerprint density at radius 2 is 1.71 bits per heavy atom. The van der Waals surface area contributed by atoms with Crippen LogP contribution in [0.25, 0.3) is 0 Å². The normalized spacial score (nSPS) is 10.1. The van der Waals surface area contributed by atoms with Crippen LogP contribution in [-0.2, 0) is 0 Å². The number of hydrogen-bond donors (Lipinski definition) is 3. The second-order valence-electron chi connectivity index (χ2n) is 5.23. The maximum Gasteiger partial charge on any atom is 0.316 e. The summed E-state index contributed by atoms with van der Waals surface area (Å²) in [6.45, 7) is 4.81. The van der Waals surface area contributed by atoms with Crippen molar-refractivity contribution in [3.63, 3.8) is 0 Å². The van der Waals surface area contributed by atoms with Crippen molar-refractivity contribution in [2.45, 2.75) is 19.9 Å². The van der Waals surface area contributed by atoms with Gasteiger partial charge in [-0.05, 0) is 26.0 Å². The van der Waals surface area contributed by atoms with Crippen LogP contribution in [0.4, 0.5) is 10.5 Å². The summed E-state index contributed by atoms with van der Waals surface area (Å²) in [6.07, 6.45) is 0. The molecule has 0 bridgehead atoms. The summed E-state index contributed by atoms with van der Waals surface area (Å²) in [6, 6.07) is 7.44. The maximum atomic E-state index is 12.2. The van der Waals surface area contributed by atoms with Gasteiger partial charge < -0.3 is 20.9 Å². The zero-order valence-electron chi connectivity index (χ0n) is 13.1. The van der Waals surface area contributed by atoms with E-state index in [1.54, 1.807) is 20.2 Å². The maximum absolute atomic E-state index is 12.2. The molecule has 1 aromatic rings. The molecule has 6 heteroatoms. The number of rotatable bonds is 6. The summed E-state index contributed by atoms with van der Waals surface area (Å²) in [7, 11) is 3.34. The van der Waals surface area contributed by atoms with Gasteiger partial charge in [0, 0.05) is 38.9 Å². The molecule has 0 fully saturated rings. The van der Waals surface area contributed by atoms with Crippen molar-refractivity contribution in [2.24, 2.45) is 0 Å². The Labute approximate surface area is 125 Å². The third-order valence-electron chi connectivity index (χ3n) is 2.71. The Kier molecular flexibility index (Phi) is 6.52. The van der Waals surface area contributed by atoms with E-state index in [1.165, 1.54) is 4.90 Å². The number of urea groups is 1. The van der Waals surface area contributed by atoms with Crippen LogP contribution >= 0.6 is 0 Å². The Hall–Kier alpha value is -2.24. The number of carbonyl (C=O) groups excluding carboxylic acids is 2. The molecule has 0 saturated carbocycles. The molecule has 0 aliphatic rings. The third kappa shape index (κ3) is 5.72. The zero-order valence-corrected chi connectivity index (χ0v) is 13.1. The van der Waals surface area contributed by atoms with Crippen LogP contribution in [0.5, 0.6) is 0 Å². The highest BCUT2D eigenvalue weighted by molar-refractivity contribution is 5.99. The van der Waals surface area contributed by atoms with Gasteiger partial charge in [0.15, 0.2) is 0 Å². The number of hydrogen-bond acceptors (Lipinski definition) is 3. The van der Waals surface area contributed by atoms with E-state index < -0.39 is 0 Å². The van der Waals surface area contributed by atoms with E-state index in [2.05, 4.69) is 16.0 Å². The van der Waals surface area contributed by atoms with Gasteiger partial charge in [0.1, 0.15) is 0 Å². The van der Waals surface area contributed by atoms with E-state index in [0.29, 0.717) is 18.7 Å². The van der Waals surface area contributed by atoms with E-state index in [0.717, 1.165) is 5.69 Å². The van der Waals surface area contributed by atoms with E-state index in [-0.39, 0.29) is 18.0 Å². The first-order valence-corrected chi connectivity index (χ1v) is 7.00. The lowest BCUT2D eigenvalue weighted by Crippen LogP contribution is -2.39. The number of nitrogens with one attached hydrogen (secondary N) is 3. The van der Waals surface area contributed by atoms with Crippen LogP contribution in [0.1, 0.15) is 24.2 Å². The number of anilines is 1. The number of carbonyl (C=O) groups is 2. The molecule has 0 radical (unpaired) electrons. The van der Waals surface area contributed by atoms with E-state index >= 15 is 0 Å². The van der Waals surface area contributed by atoms with Gasteiger partial charge in [-0.3, -0.25) is 4.79 Å². The second-order valence-corrected chi connectivity index (χ2v) is 5.23. The molecule has 21 heavy (non-hydrogen) atoms. The molecule has 1 rings (SSSR count). The van der Waals surface area contributed by atoms with Crippen LogP contribution in [-0.4, -0.2) is 50.1 Å². The average Bonchev–Trinajstić information content (AvgIpc) is 2.42. The number of benzene rings is 1. The molecule has 6 nitrogen and oxygen atoms in total. The fourth-order valence-corrected chi connectivity index (χ4v) is 1.72. The number of para-hydroxylation sites is 1. The first-order valence-electron chi connectivity index (χ1n) is 7.00. The second kappa shape index (κ2) is 8.14. The molecule has 0 aliphatic heterocycles. The highest BCUT2D eigenvalue weighted by Crippen LogP contribution is 2.15. The predicted molar refractivity (Wildman–Crippen MR) is 84.6 cm³/mol. The lowest BCUT2D eigenvalue weighted by molar-refractivity contribution is 0.0954. The molecule has 0 spiro atoms. The lowest BCUT2D eigenvalue weighted by Gasteiger charge is -2.15. The third-order valence-corrected chi connectivity index (χ3v) is 2.71. The van der Waals surface area contributed by atoms with Crippen molar-refractivity contribution >= 4 is 17.6 Å². The summed E-state index contributed by atoms with van der Waals surface area (Å²) >= 11 is 0. The minimum atomic E-state index is -0.175. The van der Waals surface area contributed by atoms with Crippen molar-refractivity contribution in [2.75, 3.05) is 32.5 Å². The smallest absolute Gasteiger partial charge is 0.316 e. The van der Waals surface area contributed by atoms with Crippen molar-refractivity contribution in [3.05, 3.63) is 29.8 Å². The van der Waals surface area contributed by atoms with Crippen molar-refractivity contribution in [1.29, 1.82) is 0 Å². The summed E-state index contributed by atoms with van der Waals surface area (Å²) < 4.78 is 0. The molecule has 1 aromatic carbocycles. The van der Waals surface area contributed by atoms with Gasteiger partial charge in [0.25, 0.3) is 5.91 Å². The molecule has 0 unspecified atom stereocenters. The Morgan fingerprint density at radius 3 is 2.33 bits per heavy atom. The summed E-state index contributed by atoms with van der Waals surface area (Å²) in [5, 5.41) is 8.73. The average molecular weight is 292 g/mol. The molecular formula is C15H24N4O2. The number of amides is 3. The van der Waals surface area contributed by atoms with Gasteiger partial charge in [0.2, 0.25) is 0 Å². The minimum Gasteiger partial charge on any atom is -0.382 e. The van der Waals surface area contributed by atoms with Gasteiger partial charge in [-0.25, -0.2) is 4.79 Å². The van der Waals surface area contributed by atoms with Gasteiger partial charge in [-0.1, -0.05) is 12.1 Å². The van der Waals surface area contributed by atoms with Gasteiger partial charge in [0.05, 0.1) is 5.56 Å². The van der Waals surface area contributed by atoms with Gasteiger partial charge in [-0.2, -0.15) is 0 Å². The fraction of sp³-hybridized carbons (Fsp3) is 0.467. The molecule has 116 valence electrons. The van der Waals surface area contributed by atoms with Crippen LogP contribution in [0.3, 0.4) is 0 Å². The summed E-state index contributed by atoms with van der Waals surface area (Å²) in [4.78, 5) is 24.9. The molecule has 0 saturated heterocycles. The molecule has 0 heterocycles. The van der Waals surface area contributed by atoms with Crippen LogP contribution < -0.4 is 16.0 Å².